The van der Waals surface area contributed by atoms with E-state index in [1.807, 2.05) is 45.0 Å². The molecular weight excluding hydrogens is 266 g/mol. The van der Waals surface area contributed by atoms with Gasteiger partial charge < -0.3 is 14.6 Å². The molecule has 1 amide bonds. The summed E-state index contributed by atoms with van der Waals surface area (Å²) in [6.45, 7) is 7.86. The molecule has 2 aromatic rings. The van der Waals surface area contributed by atoms with Gasteiger partial charge in [-0.1, -0.05) is 19.1 Å². The van der Waals surface area contributed by atoms with E-state index in [9.17, 15) is 4.79 Å². The molecule has 0 saturated heterocycles. The highest BCUT2D eigenvalue weighted by molar-refractivity contribution is 5.77. The van der Waals surface area contributed by atoms with Gasteiger partial charge in [0.25, 0.3) is 0 Å². The minimum absolute atomic E-state index is 0.0333. The molecule has 2 rings (SSSR count). The Morgan fingerprint density at radius 1 is 1.38 bits per heavy atom. The number of hydrogen-bond donors (Lipinski definition) is 1. The Morgan fingerprint density at radius 2 is 2.14 bits per heavy atom. The quantitative estimate of drug-likeness (QED) is 0.797. The summed E-state index contributed by atoms with van der Waals surface area (Å²) in [7, 11) is 0. The molecule has 0 aliphatic rings. The summed E-state index contributed by atoms with van der Waals surface area (Å²) >= 11 is 0. The lowest BCUT2D eigenvalue weighted by Crippen LogP contribution is -2.28. The second-order valence-corrected chi connectivity index (χ2v) is 4.95. The Morgan fingerprint density at radius 3 is 2.86 bits per heavy atom. The van der Waals surface area contributed by atoms with E-state index in [1.54, 1.807) is 0 Å². The molecule has 0 fully saturated rings. The van der Waals surface area contributed by atoms with Crippen molar-refractivity contribution in [2.24, 2.45) is 0 Å². The van der Waals surface area contributed by atoms with Crippen LogP contribution in [-0.4, -0.2) is 28.7 Å². The monoisotopic (exact) mass is 289 g/mol. The normalized spacial score (nSPS) is 12.5. The minimum atomic E-state index is -0.119. The molecule has 1 aromatic heterocycles. The van der Waals surface area contributed by atoms with Gasteiger partial charge in [-0.3, -0.25) is 4.79 Å². The third kappa shape index (κ3) is 3.61. The lowest BCUT2D eigenvalue weighted by Gasteiger charge is -2.16. The van der Waals surface area contributed by atoms with E-state index in [1.165, 1.54) is 0 Å². The maximum absolute atomic E-state index is 11.6. The van der Waals surface area contributed by atoms with Crippen LogP contribution in [0.25, 0.3) is 11.0 Å². The van der Waals surface area contributed by atoms with Gasteiger partial charge in [-0.15, -0.1) is 0 Å². The molecule has 114 valence electrons. The number of nitrogens with zero attached hydrogens (tertiary/aromatic N) is 2. The van der Waals surface area contributed by atoms with Crippen molar-refractivity contribution in [2.75, 3.05) is 13.2 Å². The van der Waals surface area contributed by atoms with Crippen LogP contribution >= 0.6 is 0 Å². The zero-order valence-corrected chi connectivity index (χ0v) is 12.9. The van der Waals surface area contributed by atoms with Crippen molar-refractivity contribution in [3.05, 3.63) is 30.1 Å². The maximum atomic E-state index is 11.6. The maximum Gasteiger partial charge on any atom is 0.220 e. The van der Waals surface area contributed by atoms with E-state index in [0.717, 1.165) is 23.4 Å². The molecule has 1 N–H and O–H groups in total. The fourth-order valence-electron chi connectivity index (χ4n) is 2.37. The molecule has 1 aromatic carbocycles. The second kappa shape index (κ2) is 7.22. The molecule has 1 atom stereocenters. The Hall–Kier alpha value is -1.88. The Kier molecular flexibility index (Phi) is 5.33. The molecule has 0 spiro atoms. The van der Waals surface area contributed by atoms with Gasteiger partial charge >= 0.3 is 0 Å². The van der Waals surface area contributed by atoms with Crippen LogP contribution in [0, 0.1) is 0 Å². The zero-order valence-electron chi connectivity index (χ0n) is 12.9. The number of aromatic nitrogens is 2. The number of benzene rings is 1. The van der Waals surface area contributed by atoms with Crippen molar-refractivity contribution >= 4 is 16.9 Å². The summed E-state index contributed by atoms with van der Waals surface area (Å²) in [5.41, 5.74) is 2.02. The summed E-state index contributed by atoms with van der Waals surface area (Å²) in [6.07, 6.45) is 0.476. The highest BCUT2D eigenvalue weighted by Crippen LogP contribution is 2.20. The van der Waals surface area contributed by atoms with Gasteiger partial charge in [0.1, 0.15) is 5.82 Å². The van der Waals surface area contributed by atoms with Crippen molar-refractivity contribution in [3.63, 3.8) is 0 Å². The van der Waals surface area contributed by atoms with Crippen LogP contribution in [0.2, 0.25) is 0 Å². The van der Waals surface area contributed by atoms with Crippen molar-refractivity contribution < 1.29 is 9.53 Å². The van der Waals surface area contributed by atoms with Crippen molar-refractivity contribution in [1.29, 1.82) is 0 Å². The number of nitrogens with one attached hydrogen (secondary N) is 1. The van der Waals surface area contributed by atoms with Gasteiger partial charge in [0.05, 0.1) is 23.7 Å². The highest BCUT2D eigenvalue weighted by Gasteiger charge is 2.17. The lowest BCUT2D eigenvalue weighted by molar-refractivity contribution is -0.121. The van der Waals surface area contributed by atoms with E-state index in [-0.39, 0.29) is 11.9 Å². The molecule has 0 radical (unpaired) electrons. The SMILES string of the molecule is CCOCCn1c(C(C)NC(=O)CC)nc2ccccc21. The Bertz CT molecular complexity index is 607. The van der Waals surface area contributed by atoms with E-state index >= 15 is 0 Å². The van der Waals surface area contributed by atoms with Gasteiger partial charge in [0.15, 0.2) is 0 Å². The molecule has 21 heavy (non-hydrogen) atoms. The van der Waals surface area contributed by atoms with E-state index in [4.69, 9.17) is 4.74 Å². The van der Waals surface area contributed by atoms with Gasteiger partial charge in [-0.05, 0) is 26.0 Å². The molecule has 0 bridgehead atoms. The third-order valence-corrected chi connectivity index (χ3v) is 3.43. The summed E-state index contributed by atoms with van der Waals surface area (Å²) < 4.78 is 7.59. The molecular formula is C16H23N3O2. The molecule has 5 nitrogen and oxygen atoms in total. The number of amides is 1. The number of imidazole rings is 1. The number of ether oxygens (including phenoxy) is 1. The van der Waals surface area contributed by atoms with Crippen molar-refractivity contribution in [1.82, 2.24) is 14.9 Å². The molecule has 0 aliphatic heterocycles. The van der Waals surface area contributed by atoms with Gasteiger partial charge in [0, 0.05) is 19.6 Å². The summed E-state index contributed by atoms with van der Waals surface area (Å²) in [5.74, 6) is 0.906. The first kappa shape index (κ1) is 15.5. The second-order valence-electron chi connectivity index (χ2n) is 4.95. The van der Waals surface area contributed by atoms with Crippen LogP contribution in [0.1, 0.15) is 39.1 Å². The third-order valence-electron chi connectivity index (χ3n) is 3.43. The fourth-order valence-corrected chi connectivity index (χ4v) is 2.37. The number of para-hydroxylation sites is 2. The highest BCUT2D eigenvalue weighted by atomic mass is 16.5. The predicted octanol–water partition coefficient (Wildman–Crippen LogP) is 2.66. The zero-order chi connectivity index (χ0) is 15.2. The molecule has 1 unspecified atom stereocenters. The number of carbonyl (C=O) groups is 1. The van der Waals surface area contributed by atoms with Crippen LogP contribution in [0.4, 0.5) is 0 Å². The summed E-state index contributed by atoms with van der Waals surface area (Å²) in [4.78, 5) is 16.3. The Balaban J connectivity index is 2.31. The molecule has 0 aliphatic carbocycles. The van der Waals surface area contributed by atoms with Crippen LogP contribution in [0.5, 0.6) is 0 Å². The summed E-state index contributed by atoms with van der Waals surface area (Å²) in [6, 6.07) is 7.89. The minimum Gasteiger partial charge on any atom is -0.380 e. The van der Waals surface area contributed by atoms with Crippen LogP contribution < -0.4 is 5.32 Å². The largest absolute Gasteiger partial charge is 0.380 e. The van der Waals surface area contributed by atoms with Gasteiger partial charge in [-0.2, -0.15) is 0 Å². The molecule has 1 heterocycles. The van der Waals surface area contributed by atoms with E-state index < -0.39 is 0 Å². The fraction of sp³-hybridized carbons (Fsp3) is 0.500. The van der Waals surface area contributed by atoms with E-state index in [2.05, 4.69) is 14.9 Å². The number of rotatable bonds is 7. The van der Waals surface area contributed by atoms with Crippen LogP contribution in [0.3, 0.4) is 0 Å². The molecule has 5 heteroatoms. The smallest absolute Gasteiger partial charge is 0.220 e. The number of carbonyl (C=O) groups excluding carboxylic acids is 1. The predicted molar refractivity (Wildman–Crippen MR) is 83.1 cm³/mol. The lowest BCUT2D eigenvalue weighted by atomic mass is 10.3. The first-order chi connectivity index (χ1) is 10.2. The topological polar surface area (TPSA) is 56.1 Å². The number of hydrogen-bond acceptors (Lipinski definition) is 3. The molecule has 0 saturated carbocycles. The number of fused-ring (bicyclic) bond motifs is 1. The Labute approximate surface area is 125 Å². The van der Waals surface area contributed by atoms with Crippen molar-refractivity contribution in [3.8, 4) is 0 Å². The van der Waals surface area contributed by atoms with Crippen molar-refractivity contribution in [2.45, 2.75) is 39.8 Å². The van der Waals surface area contributed by atoms with Gasteiger partial charge in [0.2, 0.25) is 5.91 Å². The van der Waals surface area contributed by atoms with Crippen LogP contribution in [0.15, 0.2) is 24.3 Å². The van der Waals surface area contributed by atoms with Gasteiger partial charge in [-0.25, -0.2) is 4.98 Å². The average molecular weight is 289 g/mol. The first-order valence-corrected chi connectivity index (χ1v) is 7.49. The first-order valence-electron chi connectivity index (χ1n) is 7.49. The average Bonchev–Trinajstić information content (AvgIpc) is 2.86. The van der Waals surface area contributed by atoms with E-state index in [0.29, 0.717) is 19.6 Å². The van der Waals surface area contributed by atoms with Crippen LogP contribution in [-0.2, 0) is 16.1 Å². The summed E-state index contributed by atoms with van der Waals surface area (Å²) in [5, 5.41) is 2.97. The standard InChI is InChI=1S/C16H23N3O2/c1-4-15(20)17-12(3)16-18-13-8-6-7-9-14(13)19(16)10-11-21-5-2/h6-9,12H,4-5,10-11H2,1-3H3,(H,17,20).